The molecule has 2 aromatic heterocycles. The number of terminal acetylenes is 1. The third-order valence-corrected chi connectivity index (χ3v) is 7.50. The van der Waals surface area contributed by atoms with Crippen LogP contribution < -0.4 is 15.5 Å². The van der Waals surface area contributed by atoms with Gasteiger partial charge in [-0.05, 0) is 30.2 Å². The first-order valence-corrected chi connectivity index (χ1v) is 13.4. The van der Waals surface area contributed by atoms with E-state index in [2.05, 4.69) is 50.7 Å². The highest BCUT2D eigenvalue weighted by atomic mass is 32.2. The Morgan fingerprint density at radius 1 is 1.28 bits per heavy atom. The molecular weight excluding hydrogens is 496 g/mol. The van der Waals surface area contributed by atoms with E-state index in [1.807, 2.05) is 18.2 Å². The van der Waals surface area contributed by atoms with Gasteiger partial charge in [0.15, 0.2) is 10.9 Å². The monoisotopic (exact) mass is 524 g/mol. The Morgan fingerprint density at radius 3 is 2.92 bits per heavy atom. The van der Waals surface area contributed by atoms with Crippen molar-refractivity contribution in [3.8, 4) is 12.3 Å². The number of ether oxygens (including phenoxy) is 2. The minimum atomic E-state index is -0.582. The molecule has 1 saturated heterocycles. The average Bonchev–Trinajstić information content (AvgIpc) is 3.38. The molecule has 2 N–H and O–H groups in total. The smallest absolute Gasteiger partial charge is 0.412 e. The molecule has 1 amide bonds. The first-order valence-electron chi connectivity index (χ1n) is 11.6. The molecule has 4 rings (SSSR count). The number of rotatable bonds is 10. The second-order valence-electron chi connectivity index (χ2n) is 7.86. The van der Waals surface area contributed by atoms with Gasteiger partial charge in [-0.1, -0.05) is 48.1 Å². The Balaban J connectivity index is 1.45. The number of thioether (sulfide) groups is 1. The third kappa shape index (κ3) is 7.58. The molecule has 0 atom stereocenters. The lowest BCUT2D eigenvalue weighted by molar-refractivity contribution is 0.122. The van der Waals surface area contributed by atoms with Gasteiger partial charge >= 0.3 is 6.09 Å². The van der Waals surface area contributed by atoms with Crippen LogP contribution in [-0.2, 0) is 28.2 Å². The van der Waals surface area contributed by atoms with Crippen LogP contribution in [0.15, 0.2) is 40.7 Å². The van der Waals surface area contributed by atoms with Crippen molar-refractivity contribution in [2.45, 2.75) is 30.0 Å². The highest BCUT2D eigenvalue weighted by Gasteiger charge is 2.15. The van der Waals surface area contributed by atoms with E-state index in [-0.39, 0.29) is 6.61 Å². The minimum absolute atomic E-state index is 0.0717. The van der Waals surface area contributed by atoms with Crippen molar-refractivity contribution in [2.75, 3.05) is 48.4 Å². The zero-order chi connectivity index (χ0) is 25.2. The fourth-order valence-corrected chi connectivity index (χ4v) is 5.26. The Labute approximate surface area is 219 Å². The number of carbonyl (C=O) groups is 1. The van der Waals surface area contributed by atoms with E-state index in [1.165, 1.54) is 0 Å². The quantitative estimate of drug-likeness (QED) is 0.295. The van der Waals surface area contributed by atoms with E-state index >= 15 is 0 Å². The van der Waals surface area contributed by atoms with Gasteiger partial charge in [-0.25, -0.2) is 9.78 Å². The van der Waals surface area contributed by atoms with Crippen LogP contribution in [0.2, 0.25) is 0 Å². The van der Waals surface area contributed by atoms with E-state index in [0.29, 0.717) is 31.2 Å². The summed E-state index contributed by atoms with van der Waals surface area (Å²) < 4.78 is 11.4. The predicted octanol–water partition coefficient (Wildman–Crippen LogP) is 4.42. The molecule has 0 spiro atoms. The predicted molar refractivity (Wildman–Crippen MR) is 144 cm³/mol. The van der Waals surface area contributed by atoms with Crippen molar-refractivity contribution in [1.29, 1.82) is 0 Å². The Hall–Kier alpha value is -3.33. The molecule has 11 heteroatoms. The summed E-state index contributed by atoms with van der Waals surface area (Å²) in [4.78, 5) is 19.0. The molecule has 0 radical (unpaired) electrons. The zero-order valence-corrected chi connectivity index (χ0v) is 21.7. The fraction of sp³-hybridized carbons (Fsp3) is 0.360. The molecule has 3 aromatic rings. The van der Waals surface area contributed by atoms with Crippen LogP contribution in [0.4, 0.5) is 22.0 Å². The molecule has 1 aromatic carbocycles. The molecular formula is C25H28N6O3S2. The normalized spacial score (nSPS) is 13.2. The number of nitrogens with one attached hydrogen (secondary N) is 2. The van der Waals surface area contributed by atoms with Crippen LogP contribution in [0.3, 0.4) is 0 Å². The summed E-state index contributed by atoms with van der Waals surface area (Å²) in [6, 6.07) is 11.7. The van der Waals surface area contributed by atoms with Gasteiger partial charge in [0.2, 0.25) is 0 Å². The number of carbonyl (C=O) groups excluding carboxylic acids is 1. The Morgan fingerprint density at radius 2 is 2.14 bits per heavy atom. The number of hydrogen-bond donors (Lipinski definition) is 2. The number of nitrogens with zero attached hydrogens (tertiary/aromatic N) is 4. The lowest BCUT2D eigenvalue weighted by Gasteiger charge is -2.29. The van der Waals surface area contributed by atoms with Crippen molar-refractivity contribution < 1.29 is 14.3 Å². The maximum absolute atomic E-state index is 11.8. The topological polar surface area (TPSA) is 102 Å². The van der Waals surface area contributed by atoms with Gasteiger partial charge in [0, 0.05) is 42.8 Å². The summed E-state index contributed by atoms with van der Waals surface area (Å²) in [6.45, 7) is 5.66. The largest absolute Gasteiger partial charge is 0.436 e. The van der Waals surface area contributed by atoms with Gasteiger partial charge in [-0.15, -0.1) is 16.6 Å². The number of aryl methyl sites for hydroxylation is 1. The van der Waals surface area contributed by atoms with Crippen LogP contribution in [0, 0.1) is 12.3 Å². The van der Waals surface area contributed by atoms with Crippen LogP contribution in [0.25, 0.3) is 0 Å². The first-order chi connectivity index (χ1) is 17.6. The van der Waals surface area contributed by atoms with Crippen molar-refractivity contribution in [2.24, 2.45) is 0 Å². The molecule has 9 nitrogen and oxygen atoms in total. The van der Waals surface area contributed by atoms with Gasteiger partial charge in [0.25, 0.3) is 0 Å². The van der Waals surface area contributed by atoms with Crippen LogP contribution in [0.5, 0.6) is 0 Å². The number of anilines is 3. The maximum atomic E-state index is 11.8. The summed E-state index contributed by atoms with van der Waals surface area (Å²) in [5.41, 5.74) is 3.70. The molecule has 0 unspecified atom stereocenters. The zero-order valence-electron chi connectivity index (χ0n) is 20.0. The molecule has 1 fully saturated rings. The lowest BCUT2D eigenvalue weighted by atomic mass is 10.2. The SMILES string of the molecule is C#CCOC(=O)Nc1cccc(CNc2cc(N3CCOCC3)cc(CSc3nnc(CC)s3)n2)c1. The molecule has 188 valence electrons. The van der Waals surface area contributed by atoms with E-state index in [4.69, 9.17) is 20.9 Å². The van der Waals surface area contributed by atoms with E-state index in [1.54, 1.807) is 29.2 Å². The van der Waals surface area contributed by atoms with Crippen molar-refractivity contribution in [1.82, 2.24) is 15.2 Å². The van der Waals surface area contributed by atoms with Crippen molar-refractivity contribution in [3.63, 3.8) is 0 Å². The number of amides is 1. The highest BCUT2D eigenvalue weighted by molar-refractivity contribution is 8.00. The second-order valence-corrected chi connectivity index (χ2v) is 10.1. The van der Waals surface area contributed by atoms with Crippen molar-refractivity contribution in [3.05, 3.63) is 52.7 Å². The number of benzene rings is 1. The van der Waals surface area contributed by atoms with Gasteiger partial charge < -0.3 is 19.7 Å². The summed E-state index contributed by atoms with van der Waals surface area (Å²) >= 11 is 3.28. The van der Waals surface area contributed by atoms with Crippen molar-refractivity contribution >= 4 is 46.4 Å². The molecule has 1 aliphatic heterocycles. The van der Waals surface area contributed by atoms with Gasteiger partial charge in [0.05, 0.1) is 18.9 Å². The van der Waals surface area contributed by atoms with Crippen LogP contribution in [-0.4, -0.2) is 54.2 Å². The molecule has 36 heavy (non-hydrogen) atoms. The third-order valence-electron chi connectivity index (χ3n) is 5.27. The van der Waals surface area contributed by atoms with Gasteiger partial charge in [0.1, 0.15) is 10.8 Å². The fourth-order valence-electron chi connectivity index (χ4n) is 3.53. The number of morpholine rings is 1. The first kappa shape index (κ1) is 25.8. The van der Waals surface area contributed by atoms with E-state index in [0.717, 1.165) is 51.6 Å². The molecule has 1 aliphatic rings. The van der Waals surface area contributed by atoms with Crippen LogP contribution in [0.1, 0.15) is 23.2 Å². The summed E-state index contributed by atoms with van der Waals surface area (Å²) in [5, 5.41) is 15.6. The van der Waals surface area contributed by atoms with Crippen LogP contribution >= 0.6 is 23.1 Å². The summed E-state index contributed by atoms with van der Waals surface area (Å²) in [5.74, 6) is 3.75. The molecule has 3 heterocycles. The standard InChI is InChI=1S/C25H28N6O3S2/c1-3-10-34-24(32)28-19-7-5-6-18(13-19)16-26-22-15-21(31-8-11-33-12-9-31)14-20(27-22)17-35-25-30-29-23(4-2)36-25/h1,5-7,13-15H,4,8-12,16-17H2,2H3,(H,26,27)(H,28,32). The van der Waals surface area contributed by atoms with E-state index in [9.17, 15) is 4.79 Å². The summed E-state index contributed by atoms with van der Waals surface area (Å²) in [7, 11) is 0. The minimum Gasteiger partial charge on any atom is -0.436 e. The van der Waals surface area contributed by atoms with E-state index < -0.39 is 6.09 Å². The summed E-state index contributed by atoms with van der Waals surface area (Å²) in [6.07, 6.45) is 5.43. The second kappa shape index (κ2) is 13.1. The maximum Gasteiger partial charge on any atom is 0.412 e. The average molecular weight is 525 g/mol. The molecule has 0 bridgehead atoms. The number of aromatic nitrogens is 3. The van der Waals surface area contributed by atoms with Gasteiger partial charge in [-0.3, -0.25) is 5.32 Å². The number of pyridine rings is 1. The Kier molecular flexibility index (Phi) is 9.38. The molecule has 0 saturated carbocycles. The van der Waals surface area contributed by atoms with Gasteiger partial charge in [-0.2, -0.15) is 0 Å². The Bertz CT molecular complexity index is 1210. The highest BCUT2D eigenvalue weighted by Crippen LogP contribution is 2.29. The molecule has 0 aliphatic carbocycles. The number of hydrogen-bond acceptors (Lipinski definition) is 10. The lowest BCUT2D eigenvalue weighted by Crippen LogP contribution is -2.36.